The fourth-order valence-corrected chi connectivity index (χ4v) is 5.17. The first-order valence-corrected chi connectivity index (χ1v) is 13.8. The molecule has 0 radical (unpaired) electrons. The zero-order valence-corrected chi connectivity index (χ0v) is 21.2. The van der Waals surface area contributed by atoms with Crippen LogP contribution in [0.2, 0.25) is 0 Å². The molecule has 2 heteroatoms. The third kappa shape index (κ3) is 9.87. The van der Waals surface area contributed by atoms with Crippen LogP contribution < -0.4 is 9.47 Å². The molecule has 0 aliphatic heterocycles. The number of rotatable bonds is 11. The first-order chi connectivity index (χ1) is 16.3. The highest BCUT2D eigenvalue weighted by Crippen LogP contribution is 2.32. The number of ether oxygens (including phenoxy) is 2. The van der Waals surface area contributed by atoms with E-state index >= 15 is 0 Å². The molecule has 2 aliphatic rings. The van der Waals surface area contributed by atoms with Crippen LogP contribution in [-0.4, -0.2) is 13.2 Å². The van der Waals surface area contributed by atoms with Crippen molar-refractivity contribution in [1.82, 2.24) is 0 Å². The van der Waals surface area contributed by atoms with Gasteiger partial charge in [-0.25, -0.2) is 0 Å². The van der Waals surface area contributed by atoms with E-state index in [1.165, 1.54) is 70.6 Å². The van der Waals surface area contributed by atoms with Gasteiger partial charge in [-0.05, 0) is 106 Å². The Morgan fingerprint density at radius 2 is 1.42 bits per heavy atom. The van der Waals surface area contributed by atoms with E-state index in [4.69, 9.17) is 9.47 Å². The van der Waals surface area contributed by atoms with Gasteiger partial charge in [0.1, 0.15) is 11.5 Å². The average Bonchev–Trinajstić information content (AvgIpc) is 2.86. The van der Waals surface area contributed by atoms with Gasteiger partial charge in [0, 0.05) is 5.92 Å². The molecule has 0 saturated heterocycles. The molecule has 2 saturated carbocycles. The second-order valence-corrected chi connectivity index (χ2v) is 10.3. The lowest BCUT2D eigenvalue weighted by Gasteiger charge is -2.26. The van der Waals surface area contributed by atoms with E-state index in [1.54, 1.807) is 0 Å². The van der Waals surface area contributed by atoms with E-state index in [0.717, 1.165) is 49.4 Å². The van der Waals surface area contributed by atoms with Gasteiger partial charge < -0.3 is 9.47 Å². The zero-order chi connectivity index (χ0) is 23.1. The minimum Gasteiger partial charge on any atom is -0.494 e. The van der Waals surface area contributed by atoms with Gasteiger partial charge in [-0.1, -0.05) is 57.4 Å². The van der Waals surface area contributed by atoms with Crippen molar-refractivity contribution in [1.29, 1.82) is 0 Å². The van der Waals surface area contributed by atoms with E-state index in [0.29, 0.717) is 11.8 Å². The van der Waals surface area contributed by atoms with Crippen molar-refractivity contribution in [2.45, 2.75) is 97.3 Å². The van der Waals surface area contributed by atoms with Crippen LogP contribution in [0.5, 0.6) is 11.5 Å². The summed E-state index contributed by atoms with van der Waals surface area (Å²) in [5, 5.41) is 0. The Hall–Kier alpha value is -1.88. The average molecular weight is 451 g/mol. The summed E-state index contributed by atoms with van der Waals surface area (Å²) in [7, 11) is 0. The molecule has 1 aromatic rings. The quantitative estimate of drug-likeness (QED) is 0.248. The van der Waals surface area contributed by atoms with Gasteiger partial charge in [0.25, 0.3) is 0 Å². The maximum Gasteiger partial charge on any atom is 0.119 e. The predicted octanol–water partition coefficient (Wildman–Crippen LogP) is 8.61. The summed E-state index contributed by atoms with van der Waals surface area (Å²) in [5.74, 6) is 11.8. The molecular weight excluding hydrogens is 404 g/mol. The minimum absolute atomic E-state index is 0.565. The zero-order valence-electron chi connectivity index (χ0n) is 21.2. The molecule has 0 bridgehead atoms. The second-order valence-electron chi connectivity index (χ2n) is 10.3. The van der Waals surface area contributed by atoms with E-state index in [9.17, 15) is 0 Å². The number of hydrogen-bond acceptors (Lipinski definition) is 2. The molecule has 0 unspecified atom stereocenters. The van der Waals surface area contributed by atoms with Crippen molar-refractivity contribution in [2.75, 3.05) is 13.2 Å². The highest BCUT2D eigenvalue weighted by Gasteiger charge is 2.21. The van der Waals surface area contributed by atoms with E-state index in [-0.39, 0.29) is 0 Å². The molecule has 1 aromatic carbocycles. The summed E-state index contributed by atoms with van der Waals surface area (Å²) in [6.07, 6.45) is 21.4. The molecule has 2 fully saturated rings. The molecule has 0 atom stereocenters. The minimum atomic E-state index is 0.565. The van der Waals surface area contributed by atoms with Gasteiger partial charge >= 0.3 is 0 Å². The first-order valence-electron chi connectivity index (χ1n) is 13.8. The van der Waals surface area contributed by atoms with E-state index < -0.39 is 0 Å². The largest absolute Gasteiger partial charge is 0.494 e. The fraction of sp³-hybridized carbons (Fsp3) is 0.677. The van der Waals surface area contributed by atoms with Crippen LogP contribution in [-0.2, 0) is 0 Å². The summed E-state index contributed by atoms with van der Waals surface area (Å²) in [6.45, 7) is 6.09. The predicted molar refractivity (Wildman–Crippen MR) is 140 cm³/mol. The van der Waals surface area contributed by atoms with Crippen molar-refractivity contribution in [3.8, 4) is 23.3 Å². The van der Waals surface area contributed by atoms with E-state index in [2.05, 4.69) is 37.8 Å². The SMILES string of the molecule is CCCCOc1ccc(OC[C@H]2CC[C@H](C#CC=C[C@H]3CC[C@H](CCCC)CC3)CC2)cc1. The fourth-order valence-electron chi connectivity index (χ4n) is 5.17. The topological polar surface area (TPSA) is 18.5 Å². The summed E-state index contributed by atoms with van der Waals surface area (Å²) in [6, 6.07) is 8.09. The third-order valence-corrected chi connectivity index (χ3v) is 7.52. The first kappa shape index (κ1) is 25.7. The smallest absolute Gasteiger partial charge is 0.119 e. The normalized spacial score (nSPS) is 25.4. The van der Waals surface area contributed by atoms with E-state index in [1.807, 2.05) is 24.3 Å². The maximum absolute atomic E-state index is 6.05. The summed E-state index contributed by atoms with van der Waals surface area (Å²) >= 11 is 0. The van der Waals surface area contributed by atoms with Gasteiger partial charge in [0.2, 0.25) is 0 Å². The monoisotopic (exact) mass is 450 g/mol. The maximum atomic E-state index is 6.05. The number of benzene rings is 1. The van der Waals surface area contributed by atoms with Crippen LogP contribution in [0.25, 0.3) is 0 Å². The van der Waals surface area contributed by atoms with Crippen molar-refractivity contribution >= 4 is 0 Å². The Morgan fingerprint density at radius 3 is 2.09 bits per heavy atom. The molecule has 2 aliphatic carbocycles. The highest BCUT2D eigenvalue weighted by atomic mass is 16.5. The van der Waals surface area contributed by atoms with Gasteiger partial charge in [0.05, 0.1) is 13.2 Å². The van der Waals surface area contributed by atoms with Crippen LogP contribution in [0.4, 0.5) is 0 Å². The Labute approximate surface area is 203 Å². The molecule has 0 heterocycles. The summed E-state index contributed by atoms with van der Waals surface area (Å²) < 4.78 is 11.8. The summed E-state index contributed by atoms with van der Waals surface area (Å²) in [5.41, 5.74) is 0. The van der Waals surface area contributed by atoms with Crippen molar-refractivity contribution in [3.05, 3.63) is 36.4 Å². The number of allylic oxidation sites excluding steroid dienone is 2. The lowest BCUT2D eigenvalue weighted by molar-refractivity contribution is 0.196. The molecule has 33 heavy (non-hydrogen) atoms. The van der Waals surface area contributed by atoms with Gasteiger partial charge in [-0.3, -0.25) is 0 Å². The van der Waals surface area contributed by atoms with Crippen LogP contribution in [0.15, 0.2) is 36.4 Å². The Kier molecular flexibility index (Phi) is 11.8. The van der Waals surface area contributed by atoms with Crippen LogP contribution in [0, 0.1) is 35.5 Å². The Morgan fingerprint density at radius 1 is 0.788 bits per heavy atom. The van der Waals surface area contributed by atoms with Crippen molar-refractivity contribution in [2.24, 2.45) is 23.7 Å². The lowest BCUT2D eigenvalue weighted by Crippen LogP contribution is -2.19. The summed E-state index contributed by atoms with van der Waals surface area (Å²) in [4.78, 5) is 0. The molecule has 0 spiro atoms. The van der Waals surface area contributed by atoms with Crippen LogP contribution >= 0.6 is 0 Å². The third-order valence-electron chi connectivity index (χ3n) is 7.52. The molecular formula is C31H46O2. The molecule has 182 valence electrons. The van der Waals surface area contributed by atoms with Crippen LogP contribution in [0.1, 0.15) is 97.3 Å². The van der Waals surface area contributed by atoms with Crippen molar-refractivity contribution in [3.63, 3.8) is 0 Å². The van der Waals surface area contributed by atoms with Gasteiger partial charge in [0.15, 0.2) is 0 Å². The molecule has 3 rings (SSSR count). The van der Waals surface area contributed by atoms with Gasteiger partial charge in [-0.2, -0.15) is 0 Å². The molecule has 0 aromatic heterocycles. The standard InChI is InChI=1S/C31H46O2/c1-3-5-9-26-12-14-27(15-13-26)10-7-8-11-28-16-18-29(19-17-28)25-33-31-22-20-30(21-23-31)32-24-6-4-2/h7,10,20-23,26-29H,3-6,9,12-19,24-25H2,1-2H3/t26-,27-,28-,29-. The number of hydrogen-bond donors (Lipinski definition) is 0. The highest BCUT2D eigenvalue weighted by molar-refractivity contribution is 5.31. The van der Waals surface area contributed by atoms with Crippen molar-refractivity contribution < 1.29 is 9.47 Å². The van der Waals surface area contributed by atoms with Crippen LogP contribution in [0.3, 0.4) is 0 Å². The second kappa shape index (κ2) is 15.1. The Balaban J connectivity index is 1.28. The molecule has 0 amide bonds. The Bertz CT molecular complexity index is 722. The molecule has 0 N–H and O–H groups in total. The lowest BCUT2D eigenvalue weighted by atomic mass is 9.80. The number of unbranched alkanes of at least 4 members (excludes halogenated alkanes) is 2. The molecule has 2 nitrogen and oxygen atoms in total. The van der Waals surface area contributed by atoms with Gasteiger partial charge in [-0.15, -0.1) is 0 Å².